The van der Waals surface area contributed by atoms with Crippen LogP contribution in [0.5, 0.6) is 0 Å². The minimum absolute atomic E-state index is 0.204. The van der Waals surface area contributed by atoms with E-state index in [0.29, 0.717) is 17.6 Å². The molecule has 0 unspecified atom stereocenters. The maximum atomic E-state index is 10.8. The van der Waals surface area contributed by atoms with Gasteiger partial charge >= 0.3 is 0 Å². The van der Waals surface area contributed by atoms with Gasteiger partial charge in [0.15, 0.2) is 0 Å². The Balaban J connectivity index is 0. The van der Waals surface area contributed by atoms with Crippen molar-refractivity contribution in [2.24, 2.45) is 23.7 Å². The van der Waals surface area contributed by atoms with Gasteiger partial charge in [-0.25, -0.2) is 0 Å². The zero-order chi connectivity index (χ0) is 13.5. The first-order valence-corrected chi connectivity index (χ1v) is 6.33. The van der Waals surface area contributed by atoms with E-state index in [1.165, 1.54) is 5.57 Å². The minimum atomic E-state index is 0.204. The van der Waals surface area contributed by atoms with Crippen LogP contribution in [0.2, 0.25) is 0 Å². The molecule has 0 rings (SSSR count). The first-order chi connectivity index (χ1) is 7.11. The molecule has 0 aromatic heterocycles. The van der Waals surface area contributed by atoms with Crippen LogP contribution in [-0.2, 0) is 4.79 Å². The van der Waals surface area contributed by atoms with E-state index in [1.54, 1.807) is 0 Å². The lowest BCUT2D eigenvalue weighted by Crippen LogP contribution is -2.13. The van der Waals surface area contributed by atoms with Gasteiger partial charge in [-0.3, -0.25) is 4.79 Å². The maximum Gasteiger partial charge on any atom is 0.137 e. The van der Waals surface area contributed by atoms with E-state index in [1.807, 2.05) is 27.7 Å². The molecule has 0 bridgehead atoms. The third-order valence-corrected chi connectivity index (χ3v) is 2.62. The average molecular weight is 226 g/mol. The average Bonchev–Trinajstić information content (AvgIpc) is 2.15. The third-order valence-electron chi connectivity index (χ3n) is 2.62. The lowest BCUT2D eigenvalue weighted by Gasteiger charge is -2.11. The van der Waals surface area contributed by atoms with E-state index < -0.39 is 0 Å². The van der Waals surface area contributed by atoms with Gasteiger partial charge < -0.3 is 0 Å². The molecule has 0 fully saturated rings. The van der Waals surface area contributed by atoms with Gasteiger partial charge in [-0.05, 0) is 11.8 Å². The van der Waals surface area contributed by atoms with E-state index >= 15 is 0 Å². The second-order valence-electron chi connectivity index (χ2n) is 5.60. The molecule has 0 heterocycles. The molecule has 16 heavy (non-hydrogen) atoms. The number of ketones is 1. The van der Waals surface area contributed by atoms with Gasteiger partial charge in [-0.2, -0.15) is 0 Å². The molecule has 0 aromatic rings. The largest absolute Gasteiger partial charge is 0.299 e. The molecule has 1 nitrogen and oxygen atoms in total. The minimum Gasteiger partial charge on any atom is -0.299 e. The molecule has 0 saturated carbocycles. The molecular weight excluding hydrogens is 196 g/mol. The Morgan fingerprint density at radius 2 is 0.938 bits per heavy atom. The number of carbonyl (C=O) groups excluding carboxylic acids is 1. The van der Waals surface area contributed by atoms with Crippen LogP contribution in [0.25, 0.3) is 0 Å². The normalized spacial score (nSPS) is 10.8. The number of allylic oxidation sites excluding steroid dienone is 1. The molecule has 0 saturated heterocycles. The van der Waals surface area contributed by atoms with E-state index in [9.17, 15) is 4.79 Å². The number of hydrogen-bond acceptors (Lipinski definition) is 1. The molecule has 0 aromatic carbocycles. The molecule has 0 atom stereocenters. The van der Waals surface area contributed by atoms with E-state index in [2.05, 4.69) is 34.3 Å². The monoisotopic (exact) mass is 226 g/mol. The highest BCUT2D eigenvalue weighted by atomic mass is 16.1. The summed E-state index contributed by atoms with van der Waals surface area (Å²) in [5, 5.41) is 0. The molecular formula is C15H30O. The Morgan fingerprint density at radius 3 is 0.938 bits per heavy atom. The smallest absolute Gasteiger partial charge is 0.137 e. The molecule has 0 aliphatic rings. The molecule has 0 aliphatic carbocycles. The van der Waals surface area contributed by atoms with Crippen LogP contribution in [0, 0.1) is 23.7 Å². The van der Waals surface area contributed by atoms with Crippen LogP contribution < -0.4 is 0 Å². The van der Waals surface area contributed by atoms with Crippen LogP contribution in [-0.4, -0.2) is 5.78 Å². The molecule has 0 spiro atoms. The fraction of sp³-hybridized carbons (Fsp3) is 0.800. The fourth-order valence-corrected chi connectivity index (χ4v) is 1.33. The molecule has 0 aliphatic heterocycles. The van der Waals surface area contributed by atoms with Crippen molar-refractivity contribution >= 4 is 5.78 Å². The summed E-state index contributed by atoms with van der Waals surface area (Å²) in [7, 11) is 0. The molecule has 0 amide bonds. The van der Waals surface area contributed by atoms with Crippen molar-refractivity contribution in [1.82, 2.24) is 0 Å². The number of Topliss-reactive ketones (excluding diaryl/α,β-unsaturated/α-hetero) is 1. The van der Waals surface area contributed by atoms with Gasteiger partial charge in [0.05, 0.1) is 0 Å². The van der Waals surface area contributed by atoms with Crippen LogP contribution in [0.4, 0.5) is 0 Å². The Labute approximate surface area is 102 Å². The lowest BCUT2D eigenvalue weighted by molar-refractivity contribution is -0.124. The summed E-state index contributed by atoms with van der Waals surface area (Å²) >= 11 is 0. The Morgan fingerprint density at radius 1 is 0.688 bits per heavy atom. The van der Waals surface area contributed by atoms with Gasteiger partial charge in [0, 0.05) is 11.8 Å². The summed E-state index contributed by atoms with van der Waals surface area (Å²) in [5.74, 6) is 2.06. The van der Waals surface area contributed by atoms with Gasteiger partial charge in [0.2, 0.25) is 0 Å². The Bertz CT molecular complexity index is 165. The van der Waals surface area contributed by atoms with Crippen LogP contribution in [0.15, 0.2) is 12.2 Å². The van der Waals surface area contributed by atoms with E-state index in [4.69, 9.17) is 0 Å². The summed E-state index contributed by atoms with van der Waals surface area (Å²) < 4.78 is 0. The summed E-state index contributed by atoms with van der Waals surface area (Å²) in [6.07, 6.45) is 0. The number of carbonyl (C=O) groups is 1. The summed E-state index contributed by atoms with van der Waals surface area (Å²) in [4.78, 5) is 10.8. The Kier molecular flexibility index (Phi) is 9.51. The van der Waals surface area contributed by atoms with Crippen molar-refractivity contribution in [3.63, 3.8) is 0 Å². The Hall–Kier alpha value is -0.590. The standard InChI is InChI=1S/C8H16.C7H14O/c1-6(2)8(5)7(3)4;1-5(2)7(8)6(3)4/h6-7H,5H2,1-4H3;5-6H,1-4H3. The molecule has 96 valence electrons. The lowest BCUT2D eigenvalue weighted by atomic mass is 9.95. The fourth-order valence-electron chi connectivity index (χ4n) is 1.33. The molecule has 0 N–H and O–H groups in total. The number of hydrogen-bond donors (Lipinski definition) is 0. The summed E-state index contributed by atoms with van der Waals surface area (Å²) in [5.41, 5.74) is 1.35. The first-order valence-electron chi connectivity index (χ1n) is 6.33. The van der Waals surface area contributed by atoms with Crippen molar-refractivity contribution in [3.05, 3.63) is 12.2 Å². The second kappa shape index (κ2) is 8.55. The van der Waals surface area contributed by atoms with Crippen LogP contribution >= 0.6 is 0 Å². The van der Waals surface area contributed by atoms with E-state index in [-0.39, 0.29) is 11.8 Å². The maximum absolute atomic E-state index is 10.8. The highest BCUT2D eigenvalue weighted by molar-refractivity contribution is 5.81. The van der Waals surface area contributed by atoms with Crippen LogP contribution in [0.3, 0.4) is 0 Å². The second-order valence-corrected chi connectivity index (χ2v) is 5.60. The van der Waals surface area contributed by atoms with Gasteiger partial charge in [-0.1, -0.05) is 67.5 Å². The predicted molar refractivity (Wildman–Crippen MR) is 73.5 cm³/mol. The topological polar surface area (TPSA) is 17.1 Å². The third kappa shape index (κ3) is 8.70. The summed E-state index contributed by atoms with van der Waals surface area (Å²) in [6, 6.07) is 0. The van der Waals surface area contributed by atoms with Crippen molar-refractivity contribution in [1.29, 1.82) is 0 Å². The van der Waals surface area contributed by atoms with Crippen molar-refractivity contribution in [3.8, 4) is 0 Å². The van der Waals surface area contributed by atoms with Gasteiger partial charge in [-0.15, -0.1) is 0 Å². The molecule has 1 heteroatoms. The summed E-state index contributed by atoms with van der Waals surface area (Å²) in [6.45, 7) is 20.4. The van der Waals surface area contributed by atoms with Crippen molar-refractivity contribution in [2.45, 2.75) is 55.4 Å². The highest BCUT2D eigenvalue weighted by Gasteiger charge is 2.09. The zero-order valence-electron chi connectivity index (χ0n) is 12.4. The van der Waals surface area contributed by atoms with Crippen molar-refractivity contribution in [2.75, 3.05) is 0 Å². The SMILES string of the molecule is C=C(C(C)C)C(C)C.CC(C)C(=O)C(C)C. The van der Waals surface area contributed by atoms with Crippen LogP contribution in [0.1, 0.15) is 55.4 Å². The van der Waals surface area contributed by atoms with Gasteiger partial charge in [0.1, 0.15) is 5.78 Å². The highest BCUT2D eigenvalue weighted by Crippen LogP contribution is 2.15. The van der Waals surface area contributed by atoms with Gasteiger partial charge in [0.25, 0.3) is 0 Å². The van der Waals surface area contributed by atoms with E-state index in [0.717, 1.165) is 0 Å². The van der Waals surface area contributed by atoms with Crippen molar-refractivity contribution < 1.29 is 4.79 Å². The molecule has 0 radical (unpaired) electrons. The number of rotatable bonds is 4. The zero-order valence-corrected chi connectivity index (χ0v) is 12.4. The quantitative estimate of drug-likeness (QED) is 0.634. The first kappa shape index (κ1) is 17.8. The predicted octanol–water partition coefficient (Wildman–Crippen LogP) is 4.72.